The first-order valence-electron chi connectivity index (χ1n) is 5.98. The fourth-order valence-corrected chi connectivity index (χ4v) is 2.69. The van der Waals surface area contributed by atoms with Crippen LogP contribution in [0.4, 0.5) is 4.79 Å². The van der Waals surface area contributed by atoms with E-state index in [0.29, 0.717) is 11.6 Å². The molecule has 8 heteroatoms. The van der Waals surface area contributed by atoms with Crippen molar-refractivity contribution in [1.82, 2.24) is 15.6 Å². The van der Waals surface area contributed by atoms with Crippen molar-refractivity contribution >= 4 is 39.3 Å². The smallest absolute Gasteiger partial charge is 0.355 e. The maximum Gasteiger partial charge on any atom is 0.355 e. The zero-order valence-corrected chi connectivity index (χ0v) is 13.2. The second kappa shape index (κ2) is 7.19. The number of carbonyl (C=O) groups excluding carboxylic acids is 1. The van der Waals surface area contributed by atoms with Gasteiger partial charge in [-0.25, -0.2) is 14.6 Å². The lowest BCUT2D eigenvalue weighted by molar-refractivity contribution is 0.0691. The molecular formula is C13H12BrN3O3S. The molecule has 1 heterocycles. The summed E-state index contributed by atoms with van der Waals surface area (Å²) >= 11 is 4.56. The second-order valence-corrected chi connectivity index (χ2v) is 5.96. The average molecular weight is 370 g/mol. The van der Waals surface area contributed by atoms with Crippen molar-refractivity contribution in [3.63, 3.8) is 0 Å². The van der Waals surface area contributed by atoms with Gasteiger partial charge in [-0.2, -0.15) is 0 Å². The molecule has 0 aliphatic heterocycles. The highest BCUT2D eigenvalue weighted by molar-refractivity contribution is 9.10. The fourth-order valence-electron chi connectivity index (χ4n) is 1.54. The number of hydrogen-bond donors (Lipinski definition) is 3. The van der Waals surface area contributed by atoms with E-state index in [4.69, 9.17) is 5.11 Å². The number of benzene rings is 1. The molecule has 0 saturated carbocycles. The molecule has 2 aromatic rings. The van der Waals surface area contributed by atoms with Gasteiger partial charge < -0.3 is 15.7 Å². The minimum atomic E-state index is -1.07. The summed E-state index contributed by atoms with van der Waals surface area (Å²) in [5.41, 5.74) is 0.966. The third-order valence-electron chi connectivity index (χ3n) is 2.51. The van der Waals surface area contributed by atoms with Gasteiger partial charge in [0.2, 0.25) is 0 Å². The molecule has 21 heavy (non-hydrogen) atoms. The predicted molar refractivity (Wildman–Crippen MR) is 82.3 cm³/mol. The molecule has 3 N–H and O–H groups in total. The summed E-state index contributed by atoms with van der Waals surface area (Å²) in [6.07, 6.45) is 0. The zero-order chi connectivity index (χ0) is 15.2. The molecule has 0 fully saturated rings. The minimum absolute atomic E-state index is 0.00801. The molecule has 0 spiro atoms. The Kier molecular flexibility index (Phi) is 5.29. The van der Waals surface area contributed by atoms with Gasteiger partial charge in [0.15, 0.2) is 5.69 Å². The Morgan fingerprint density at radius 1 is 1.29 bits per heavy atom. The van der Waals surface area contributed by atoms with Gasteiger partial charge in [0.25, 0.3) is 0 Å². The first-order chi connectivity index (χ1) is 10.0. The second-order valence-electron chi connectivity index (χ2n) is 4.10. The van der Waals surface area contributed by atoms with Crippen LogP contribution >= 0.6 is 27.3 Å². The first kappa shape index (κ1) is 15.5. The lowest BCUT2D eigenvalue weighted by atomic mass is 10.2. The standard InChI is InChI=1S/C13H12BrN3O3S/c14-9-3-1-2-8(4-9)5-15-13(20)16-6-11-17-10(7-21-11)12(18)19/h1-4,7H,5-6H2,(H,18,19)(H2,15,16,20). The Hall–Kier alpha value is -1.93. The third kappa shape index (κ3) is 4.83. The number of rotatable bonds is 5. The maximum absolute atomic E-state index is 11.6. The summed E-state index contributed by atoms with van der Waals surface area (Å²) in [6, 6.07) is 7.29. The van der Waals surface area contributed by atoms with Crippen LogP contribution in [0.3, 0.4) is 0 Å². The van der Waals surface area contributed by atoms with Crippen LogP contribution in [0.1, 0.15) is 21.1 Å². The summed E-state index contributed by atoms with van der Waals surface area (Å²) < 4.78 is 0.950. The van der Waals surface area contributed by atoms with E-state index in [1.807, 2.05) is 24.3 Å². The molecule has 2 amide bonds. The zero-order valence-electron chi connectivity index (χ0n) is 10.8. The number of hydrogen-bond acceptors (Lipinski definition) is 4. The fraction of sp³-hybridized carbons (Fsp3) is 0.154. The molecule has 0 saturated heterocycles. The molecular weight excluding hydrogens is 358 g/mol. The van der Waals surface area contributed by atoms with Crippen molar-refractivity contribution in [2.45, 2.75) is 13.1 Å². The van der Waals surface area contributed by atoms with E-state index in [1.165, 1.54) is 16.7 Å². The summed E-state index contributed by atoms with van der Waals surface area (Å²) in [6.45, 7) is 0.603. The Balaban J connectivity index is 1.78. The molecule has 1 aromatic heterocycles. The van der Waals surface area contributed by atoms with Gasteiger partial charge in [-0.1, -0.05) is 28.1 Å². The summed E-state index contributed by atoms with van der Waals surface area (Å²) in [7, 11) is 0. The molecule has 6 nitrogen and oxygen atoms in total. The number of aromatic nitrogens is 1. The first-order valence-corrected chi connectivity index (χ1v) is 7.65. The van der Waals surface area contributed by atoms with Crippen LogP contribution in [-0.2, 0) is 13.1 Å². The van der Waals surface area contributed by atoms with Crippen LogP contribution in [0, 0.1) is 0 Å². The summed E-state index contributed by atoms with van der Waals surface area (Å²) in [5, 5.41) is 16.1. The Morgan fingerprint density at radius 2 is 2.05 bits per heavy atom. The van der Waals surface area contributed by atoms with Crippen LogP contribution in [0.2, 0.25) is 0 Å². The topological polar surface area (TPSA) is 91.3 Å². The third-order valence-corrected chi connectivity index (χ3v) is 3.86. The molecule has 0 aliphatic carbocycles. The number of halogens is 1. The van der Waals surface area contributed by atoms with Gasteiger partial charge >= 0.3 is 12.0 Å². The summed E-state index contributed by atoms with van der Waals surface area (Å²) in [4.78, 5) is 26.2. The number of urea groups is 1. The Bertz CT molecular complexity index is 660. The normalized spacial score (nSPS) is 10.1. The molecule has 0 radical (unpaired) electrons. The monoisotopic (exact) mass is 369 g/mol. The number of aromatic carboxylic acids is 1. The number of carboxylic acid groups (broad SMARTS) is 1. The number of carbonyl (C=O) groups is 2. The SMILES string of the molecule is O=C(NCc1cccc(Br)c1)NCc1nc(C(=O)O)cs1. The van der Waals surface area contributed by atoms with Crippen molar-refractivity contribution in [2.75, 3.05) is 0 Å². The number of thiazole rings is 1. The van der Waals surface area contributed by atoms with E-state index in [1.54, 1.807) is 0 Å². The van der Waals surface area contributed by atoms with Gasteiger partial charge in [0.05, 0.1) is 6.54 Å². The van der Waals surface area contributed by atoms with E-state index >= 15 is 0 Å². The molecule has 0 atom stereocenters. The molecule has 0 bridgehead atoms. The van der Waals surface area contributed by atoms with E-state index < -0.39 is 5.97 Å². The molecule has 0 unspecified atom stereocenters. The maximum atomic E-state index is 11.6. The number of nitrogens with zero attached hydrogens (tertiary/aromatic N) is 1. The number of amides is 2. The quantitative estimate of drug-likeness (QED) is 0.755. The number of nitrogens with one attached hydrogen (secondary N) is 2. The lowest BCUT2D eigenvalue weighted by Gasteiger charge is -2.06. The number of carboxylic acids is 1. The Morgan fingerprint density at radius 3 is 2.71 bits per heavy atom. The van der Waals surface area contributed by atoms with Gasteiger partial charge in [-0.15, -0.1) is 11.3 Å². The van der Waals surface area contributed by atoms with E-state index in [0.717, 1.165) is 10.0 Å². The van der Waals surface area contributed by atoms with Gasteiger partial charge in [0, 0.05) is 16.4 Å². The van der Waals surface area contributed by atoms with E-state index in [2.05, 4.69) is 31.5 Å². The van der Waals surface area contributed by atoms with Crippen LogP contribution in [-0.4, -0.2) is 22.1 Å². The highest BCUT2D eigenvalue weighted by Gasteiger charge is 2.09. The van der Waals surface area contributed by atoms with E-state index in [-0.39, 0.29) is 18.3 Å². The lowest BCUT2D eigenvalue weighted by Crippen LogP contribution is -2.34. The van der Waals surface area contributed by atoms with Gasteiger partial charge in [-0.05, 0) is 17.7 Å². The Labute approximate surface area is 133 Å². The van der Waals surface area contributed by atoms with Gasteiger partial charge in [-0.3, -0.25) is 0 Å². The highest BCUT2D eigenvalue weighted by Crippen LogP contribution is 2.11. The van der Waals surface area contributed by atoms with E-state index in [9.17, 15) is 9.59 Å². The van der Waals surface area contributed by atoms with Crippen molar-refractivity contribution in [3.8, 4) is 0 Å². The van der Waals surface area contributed by atoms with Crippen LogP contribution < -0.4 is 10.6 Å². The van der Waals surface area contributed by atoms with Crippen molar-refractivity contribution in [3.05, 3.63) is 50.4 Å². The highest BCUT2D eigenvalue weighted by atomic mass is 79.9. The predicted octanol–water partition coefficient (Wildman–Crippen LogP) is 2.60. The van der Waals surface area contributed by atoms with Crippen LogP contribution in [0.25, 0.3) is 0 Å². The largest absolute Gasteiger partial charge is 0.476 e. The molecule has 110 valence electrons. The van der Waals surface area contributed by atoms with Gasteiger partial charge in [0.1, 0.15) is 5.01 Å². The van der Waals surface area contributed by atoms with Crippen LogP contribution in [0.5, 0.6) is 0 Å². The van der Waals surface area contributed by atoms with Crippen LogP contribution in [0.15, 0.2) is 34.1 Å². The average Bonchev–Trinajstić information content (AvgIpc) is 2.92. The molecule has 1 aromatic carbocycles. The van der Waals surface area contributed by atoms with Crippen molar-refractivity contribution < 1.29 is 14.7 Å². The van der Waals surface area contributed by atoms with Crippen molar-refractivity contribution in [2.24, 2.45) is 0 Å². The molecule has 2 rings (SSSR count). The van der Waals surface area contributed by atoms with Crippen molar-refractivity contribution in [1.29, 1.82) is 0 Å². The summed E-state index contributed by atoms with van der Waals surface area (Å²) in [5.74, 6) is -1.07. The minimum Gasteiger partial charge on any atom is -0.476 e. The molecule has 0 aliphatic rings.